The Labute approximate surface area is 335 Å². The second kappa shape index (κ2) is 19.4. The van der Waals surface area contributed by atoms with E-state index in [2.05, 4.69) is 150 Å². The van der Waals surface area contributed by atoms with E-state index in [9.17, 15) is 0 Å². The van der Waals surface area contributed by atoms with Crippen molar-refractivity contribution in [2.75, 3.05) is 0 Å². The summed E-state index contributed by atoms with van der Waals surface area (Å²) < 4.78 is 0. The van der Waals surface area contributed by atoms with Crippen LogP contribution in [0.5, 0.6) is 0 Å². The van der Waals surface area contributed by atoms with Crippen LogP contribution in [0, 0.1) is 24.7 Å². The number of hydrogen-bond donors (Lipinski definition) is 0. The van der Waals surface area contributed by atoms with Crippen LogP contribution in [-0.2, 0) is 33.7 Å². The van der Waals surface area contributed by atoms with E-state index in [0.29, 0.717) is 10.8 Å². The molecule has 0 saturated heterocycles. The molecule has 2 saturated carbocycles. The van der Waals surface area contributed by atoms with Crippen LogP contribution in [-0.4, -0.2) is 9.52 Å². The van der Waals surface area contributed by atoms with E-state index in [1.165, 1.54) is 130 Å². The summed E-state index contributed by atoms with van der Waals surface area (Å²) in [5, 5.41) is 5.62. The summed E-state index contributed by atoms with van der Waals surface area (Å²) in [4.78, 5) is 0. The zero-order valence-corrected chi connectivity index (χ0v) is 37.2. The molecule has 0 nitrogen and oxygen atoms in total. The maximum absolute atomic E-state index is 4.93. The Morgan fingerprint density at radius 3 is 1.25 bits per heavy atom. The van der Waals surface area contributed by atoms with Crippen molar-refractivity contribution >= 4 is 48.1 Å². The quantitative estimate of drug-likeness (QED) is 0.0954. The van der Waals surface area contributed by atoms with Gasteiger partial charge < -0.3 is 0 Å². The van der Waals surface area contributed by atoms with Gasteiger partial charge >= 0.3 is 37.9 Å². The number of rotatable bonds is 10. The van der Waals surface area contributed by atoms with Crippen molar-refractivity contribution in [1.29, 1.82) is 0 Å². The van der Waals surface area contributed by atoms with E-state index < -0.39 is 20.8 Å². The molecular weight excluding hydrogens is 767 g/mol. The van der Waals surface area contributed by atoms with Gasteiger partial charge in [0, 0.05) is 9.52 Å². The Morgan fingerprint density at radius 1 is 0.596 bits per heavy atom. The van der Waals surface area contributed by atoms with E-state index in [0.717, 1.165) is 9.52 Å². The third kappa shape index (κ3) is 10.9. The van der Waals surface area contributed by atoms with Gasteiger partial charge in [-0.2, -0.15) is 12.1 Å². The van der Waals surface area contributed by atoms with Gasteiger partial charge in [0.15, 0.2) is 0 Å². The predicted octanol–water partition coefficient (Wildman–Crippen LogP) is 15.5. The minimum absolute atomic E-state index is 0.628. The maximum atomic E-state index is 4.93. The number of halogens is 2. The van der Waals surface area contributed by atoms with Crippen molar-refractivity contribution in [2.45, 2.75) is 105 Å². The Morgan fingerprint density at radius 2 is 0.942 bits per heavy atom. The third-order valence-electron chi connectivity index (χ3n) is 11.0. The van der Waals surface area contributed by atoms with Gasteiger partial charge in [0.2, 0.25) is 0 Å². The van der Waals surface area contributed by atoms with Crippen LogP contribution in [0.25, 0.3) is 43.8 Å². The van der Waals surface area contributed by atoms with Crippen molar-refractivity contribution < 1.29 is 20.8 Å². The molecule has 52 heavy (non-hydrogen) atoms. The standard InChI is InChI=1S/2C23H25.C2H6Si.2ClH.Zr/c2*1-3-11-23(12-13-23)16-18-14-20-5-4-6-21(22(20)15-18)19-9-7-17(2)8-10-19;1-3-2;;;/h2*4-10,14-15H,3,11-13,16H2,1-2H3;1-2H3;2*1H;/q2*-1;;;;+4/p-2. The first-order valence-electron chi connectivity index (χ1n) is 19.3. The summed E-state index contributed by atoms with van der Waals surface area (Å²) in [6.07, 6.45) is 13.6. The summed E-state index contributed by atoms with van der Waals surface area (Å²) in [7, 11) is 11.0. The van der Waals surface area contributed by atoms with Gasteiger partial charge in [-0.25, -0.2) is 0 Å². The van der Waals surface area contributed by atoms with Crippen LogP contribution in [0.3, 0.4) is 0 Å². The van der Waals surface area contributed by atoms with Gasteiger partial charge in [0.05, 0.1) is 0 Å². The van der Waals surface area contributed by atoms with Gasteiger partial charge in [0.25, 0.3) is 0 Å². The fraction of sp³-hybridized carbons (Fsp3) is 0.375. The van der Waals surface area contributed by atoms with Crippen LogP contribution in [0.15, 0.2) is 109 Å². The summed E-state index contributed by atoms with van der Waals surface area (Å²) >= 11 is -0.826. The number of aryl methyl sites for hydroxylation is 2. The van der Waals surface area contributed by atoms with Crippen LogP contribution >= 0.6 is 17.0 Å². The Bertz CT molecular complexity index is 1830. The van der Waals surface area contributed by atoms with Crippen LogP contribution in [0.2, 0.25) is 13.1 Å². The van der Waals surface area contributed by atoms with E-state index in [-0.39, 0.29) is 0 Å². The average Bonchev–Trinajstić information content (AvgIpc) is 3.97. The van der Waals surface area contributed by atoms with Gasteiger partial charge in [0.1, 0.15) is 0 Å². The monoisotopic (exact) mass is 820 g/mol. The first kappa shape index (κ1) is 41.0. The van der Waals surface area contributed by atoms with E-state index in [4.69, 9.17) is 17.0 Å². The molecule has 0 unspecified atom stereocenters. The molecule has 0 amide bonds. The molecule has 0 N–H and O–H groups in total. The molecule has 2 aliphatic rings. The first-order chi connectivity index (χ1) is 25.2. The molecule has 0 spiro atoms. The van der Waals surface area contributed by atoms with E-state index in [1.807, 2.05) is 0 Å². The van der Waals surface area contributed by atoms with E-state index >= 15 is 0 Å². The molecule has 4 heteroatoms. The molecule has 6 aromatic carbocycles. The van der Waals surface area contributed by atoms with Gasteiger partial charge in [-0.1, -0.05) is 123 Å². The fourth-order valence-corrected chi connectivity index (χ4v) is 8.08. The summed E-state index contributed by atoms with van der Waals surface area (Å²) in [5.74, 6) is 0. The molecule has 0 aromatic heterocycles. The molecule has 8 rings (SSSR count). The van der Waals surface area contributed by atoms with Gasteiger partial charge in [-0.15, -0.1) is 69.1 Å². The molecular formula is C48H56Cl2SiZr. The Balaban J connectivity index is 0.000000175. The SMILES string of the molecule is CCCC1(Cc2cc3c(-c4ccc(C)cc4)cccc3[cH-]2)CC1.CCCC1(Cc2cc3c(-c4ccc(C)cc4)cccc3[cH-]2)CC1.C[Si]C.[Cl][Zr+2][Cl]. The summed E-state index contributed by atoms with van der Waals surface area (Å²) in [5.41, 5.74) is 12.4. The summed E-state index contributed by atoms with van der Waals surface area (Å²) in [6.45, 7) is 13.2. The van der Waals surface area contributed by atoms with Crippen molar-refractivity contribution in [2.24, 2.45) is 10.8 Å². The fourth-order valence-electron chi connectivity index (χ4n) is 8.08. The molecule has 0 heterocycles. The molecule has 0 aliphatic heterocycles. The third-order valence-corrected chi connectivity index (χ3v) is 11.0. The van der Waals surface area contributed by atoms with Crippen LogP contribution in [0.4, 0.5) is 0 Å². The van der Waals surface area contributed by atoms with Crippen molar-refractivity contribution in [3.05, 3.63) is 131 Å². The second-order valence-electron chi connectivity index (χ2n) is 15.5. The molecule has 2 aliphatic carbocycles. The topological polar surface area (TPSA) is 0 Å². The molecule has 0 atom stereocenters. The van der Waals surface area contributed by atoms with Crippen LogP contribution < -0.4 is 0 Å². The number of fused-ring (bicyclic) bond motifs is 2. The second-order valence-corrected chi connectivity index (χ2v) is 20.2. The molecule has 0 bridgehead atoms. The van der Waals surface area contributed by atoms with Crippen LogP contribution in [0.1, 0.15) is 87.5 Å². The molecule has 2 radical (unpaired) electrons. The van der Waals surface area contributed by atoms with E-state index in [1.54, 1.807) is 0 Å². The normalized spacial score (nSPS) is 14.6. The van der Waals surface area contributed by atoms with Gasteiger partial charge in [-0.05, 0) is 87.2 Å². The average molecular weight is 823 g/mol. The molecule has 270 valence electrons. The molecule has 6 aromatic rings. The first-order valence-corrected chi connectivity index (χ1v) is 27.6. The summed E-state index contributed by atoms with van der Waals surface area (Å²) in [6, 6.07) is 41.0. The predicted molar refractivity (Wildman–Crippen MR) is 229 cm³/mol. The van der Waals surface area contributed by atoms with Crippen molar-refractivity contribution in [3.63, 3.8) is 0 Å². The molecule has 2 fully saturated rings. The van der Waals surface area contributed by atoms with Gasteiger partial charge in [-0.3, -0.25) is 0 Å². The zero-order chi connectivity index (χ0) is 37.1. The number of hydrogen-bond acceptors (Lipinski definition) is 0. The Hall–Kier alpha value is -2.22. The minimum atomic E-state index is -0.826. The van der Waals surface area contributed by atoms with Crippen molar-refractivity contribution in [3.8, 4) is 22.3 Å². The van der Waals surface area contributed by atoms with Crippen molar-refractivity contribution in [1.82, 2.24) is 0 Å². The Kier molecular flexibility index (Phi) is 15.3. The number of benzene rings is 4. The zero-order valence-electron chi connectivity index (χ0n) is 32.2.